The minimum Gasteiger partial charge on any atom is -0.478 e. The van der Waals surface area contributed by atoms with Crippen LogP contribution in [0.4, 0.5) is 0 Å². The molecule has 1 fully saturated rings. The quantitative estimate of drug-likeness (QED) is 0.928. The van der Waals surface area contributed by atoms with Gasteiger partial charge in [0.15, 0.2) is 0 Å². The Hall–Kier alpha value is -1.84. The Morgan fingerprint density at radius 2 is 2.20 bits per heavy atom. The topological polar surface area (TPSA) is 55.1 Å². The third-order valence-electron chi connectivity index (χ3n) is 4.51. The molecule has 1 aromatic carbocycles. The molecule has 1 aromatic heterocycles. The van der Waals surface area contributed by atoms with Gasteiger partial charge in [0.1, 0.15) is 5.82 Å². The fraction of sp³-hybridized carbons (Fsp3) is 0.500. The Morgan fingerprint density at radius 3 is 2.75 bits per heavy atom. The van der Waals surface area contributed by atoms with Crippen LogP contribution in [0.3, 0.4) is 0 Å². The zero-order valence-electron chi connectivity index (χ0n) is 12.2. The Balaban J connectivity index is 2.07. The van der Waals surface area contributed by atoms with Gasteiger partial charge in [0.25, 0.3) is 0 Å². The van der Waals surface area contributed by atoms with Crippen molar-refractivity contribution in [2.45, 2.75) is 40.2 Å². The highest BCUT2D eigenvalue weighted by molar-refractivity contribution is 5.92. The fourth-order valence-corrected chi connectivity index (χ4v) is 2.89. The van der Waals surface area contributed by atoms with E-state index in [0.717, 1.165) is 29.8 Å². The van der Waals surface area contributed by atoms with Crippen LogP contribution < -0.4 is 0 Å². The maximum absolute atomic E-state index is 11.1. The molecule has 1 saturated carbocycles. The summed E-state index contributed by atoms with van der Waals surface area (Å²) in [6.07, 6.45) is 2.10. The minimum atomic E-state index is -0.885. The minimum absolute atomic E-state index is 0.330. The number of aromatic carboxylic acids is 1. The van der Waals surface area contributed by atoms with Gasteiger partial charge in [-0.25, -0.2) is 9.78 Å². The molecule has 1 aliphatic rings. The number of carboxylic acid groups (broad SMARTS) is 1. The van der Waals surface area contributed by atoms with Gasteiger partial charge in [-0.1, -0.05) is 20.8 Å². The number of imidazole rings is 1. The van der Waals surface area contributed by atoms with Crippen LogP contribution in [0.1, 0.15) is 43.4 Å². The summed E-state index contributed by atoms with van der Waals surface area (Å²) in [4.78, 5) is 15.8. The van der Waals surface area contributed by atoms with Gasteiger partial charge in [-0.2, -0.15) is 0 Å². The molecule has 4 nitrogen and oxygen atoms in total. The first-order chi connectivity index (χ1) is 9.42. The van der Waals surface area contributed by atoms with Gasteiger partial charge in [-0.05, 0) is 36.0 Å². The molecule has 0 aliphatic heterocycles. The maximum Gasteiger partial charge on any atom is 0.335 e. The molecule has 1 atom stereocenters. The normalized spacial score (nSPS) is 20.2. The van der Waals surface area contributed by atoms with E-state index in [4.69, 9.17) is 5.11 Å². The maximum atomic E-state index is 11.1. The number of rotatable bonds is 4. The smallest absolute Gasteiger partial charge is 0.335 e. The van der Waals surface area contributed by atoms with Gasteiger partial charge in [-0.15, -0.1) is 0 Å². The van der Waals surface area contributed by atoms with Crippen molar-refractivity contribution in [2.75, 3.05) is 0 Å². The van der Waals surface area contributed by atoms with Crippen molar-refractivity contribution in [3.63, 3.8) is 0 Å². The summed E-state index contributed by atoms with van der Waals surface area (Å²) in [6, 6.07) is 5.19. The lowest BCUT2D eigenvalue weighted by atomic mass is 10.1. The number of aryl methyl sites for hydroxylation is 1. The van der Waals surface area contributed by atoms with Crippen molar-refractivity contribution in [1.29, 1.82) is 0 Å². The molecule has 0 saturated heterocycles. The highest BCUT2D eigenvalue weighted by Crippen LogP contribution is 2.52. The molecule has 20 heavy (non-hydrogen) atoms. The van der Waals surface area contributed by atoms with Crippen molar-refractivity contribution >= 4 is 17.0 Å². The van der Waals surface area contributed by atoms with Gasteiger partial charge in [0, 0.05) is 13.0 Å². The van der Waals surface area contributed by atoms with Crippen LogP contribution in [0.2, 0.25) is 0 Å². The molecular weight excluding hydrogens is 252 g/mol. The summed E-state index contributed by atoms with van der Waals surface area (Å²) in [5, 5.41) is 9.15. The van der Waals surface area contributed by atoms with Gasteiger partial charge in [0.05, 0.1) is 16.6 Å². The van der Waals surface area contributed by atoms with Crippen LogP contribution in [0, 0.1) is 11.3 Å². The van der Waals surface area contributed by atoms with Crippen LogP contribution in [-0.4, -0.2) is 20.6 Å². The van der Waals surface area contributed by atoms with Crippen LogP contribution in [0.5, 0.6) is 0 Å². The molecular formula is C16H20N2O2. The summed E-state index contributed by atoms with van der Waals surface area (Å²) < 4.78 is 2.21. The molecule has 0 bridgehead atoms. The summed E-state index contributed by atoms with van der Waals surface area (Å²) in [5.74, 6) is 0.827. The molecule has 1 unspecified atom stereocenters. The van der Waals surface area contributed by atoms with Crippen molar-refractivity contribution in [3.05, 3.63) is 29.6 Å². The van der Waals surface area contributed by atoms with E-state index in [1.807, 2.05) is 6.07 Å². The SMILES string of the molecule is CCc1nc2ccc(C(=O)O)cc2n1CC1CC1(C)C. The summed E-state index contributed by atoms with van der Waals surface area (Å²) >= 11 is 0. The standard InChI is InChI=1S/C16H20N2O2/c1-4-14-17-12-6-5-10(15(19)20)7-13(12)18(14)9-11-8-16(11,2)3/h5-7,11H,4,8-9H2,1-3H3,(H,19,20). The largest absolute Gasteiger partial charge is 0.478 e. The summed E-state index contributed by atoms with van der Waals surface area (Å²) in [6.45, 7) is 7.60. The lowest BCUT2D eigenvalue weighted by Crippen LogP contribution is -2.07. The van der Waals surface area contributed by atoms with Gasteiger partial charge in [0.2, 0.25) is 0 Å². The van der Waals surface area contributed by atoms with Crippen molar-refractivity contribution in [2.24, 2.45) is 11.3 Å². The fourth-order valence-electron chi connectivity index (χ4n) is 2.89. The number of fused-ring (bicyclic) bond motifs is 1. The zero-order valence-corrected chi connectivity index (χ0v) is 12.2. The van der Waals surface area contributed by atoms with Crippen molar-refractivity contribution < 1.29 is 9.90 Å². The van der Waals surface area contributed by atoms with Gasteiger partial charge in [-0.3, -0.25) is 0 Å². The Morgan fingerprint density at radius 1 is 1.50 bits per heavy atom. The third-order valence-corrected chi connectivity index (χ3v) is 4.51. The van der Waals surface area contributed by atoms with E-state index in [0.29, 0.717) is 16.9 Å². The van der Waals surface area contributed by atoms with Crippen LogP contribution >= 0.6 is 0 Å². The molecule has 1 heterocycles. The average molecular weight is 272 g/mol. The number of hydrogen-bond acceptors (Lipinski definition) is 2. The first-order valence-corrected chi connectivity index (χ1v) is 7.15. The number of carboxylic acids is 1. The molecule has 0 radical (unpaired) electrons. The van der Waals surface area contributed by atoms with E-state index in [1.54, 1.807) is 12.1 Å². The predicted molar refractivity (Wildman–Crippen MR) is 78.0 cm³/mol. The number of aromatic nitrogens is 2. The molecule has 1 aliphatic carbocycles. The van der Waals surface area contributed by atoms with Crippen LogP contribution in [-0.2, 0) is 13.0 Å². The molecule has 3 rings (SSSR count). The lowest BCUT2D eigenvalue weighted by molar-refractivity contribution is 0.0697. The van der Waals surface area contributed by atoms with Gasteiger partial charge >= 0.3 is 5.97 Å². The lowest BCUT2D eigenvalue weighted by Gasteiger charge is -2.09. The van der Waals surface area contributed by atoms with E-state index in [9.17, 15) is 4.79 Å². The van der Waals surface area contributed by atoms with Crippen LogP contribution in [0.15, 0.2) is 18.2 Å². The van der Waals surface area contributed by atoms with Crippen molar-refractivity contribution in [3.8, 4) is 0 Å². The van der Waals surface area contributed by atoms with Crippen LogP contribution in [0.25, 0.3) is 11.0 Å². The summed E-state index contributed by atoms with van der Waals surface area (Å²) in [5.41, 5.74) is 2.58. The molecule has 0 amide bonds. The van der Waals surface area contributed by atoms with E-state index < -0.39 is 5.97 Å². The highest BCUT2D eigenvalue weighted by atomic mass is 16.4. The second-order valence-corrected chi connectivity index (χ2v) is 6.39. The second kappa shape index (κ2) is 4.33. The third kappa shape index (κ3) is 2.09. The Labute approximate surface area is 118 Å². The van der Waals surface area contributed by atoms with E-state index in [2.05, 4.69) is 30.3 Å². The first kappa shape index (κ1) is 13.2. The molecule has 2 aromatic rings. The Bertz CT molecular complexity index is 685. The molecule has 106 valence electrons. The number of hydrogen-bond donors (Lipinski definition) is 1. The molecule has 1 N–H and O–H groups in total. The highest BCUT2D eigenvalue weighted by Gasteiger charge is 2.45. The zero-order chi connectivity index (χ0) is 14.5. The monoisotopic (exact) mass is 272 g/mol. The predicted octanol–water partition coefficient (Wildman–Crippen LogP) is 3.34. The Kier molecular flexibility index (Phi) is 2.85. The van der Waals surface area contributed by atoms with Crippen molar-refractivity contribution in [1.82, 2.24) is 9.55 Å². The average Bonchev–Trinajstić information content (AvgIpc) is 2.85. The van der Waals surface area contributed by atoms with E-state index >= 15 is 0 Å². The number of nitrogens with zero attached hydrogens (tertiary/aromatic N) is 2. The first-order valence-electron chi connectivity index (χ1n) is 7.15. The molecule has 4 heteroatoms. The number of carbonyl (C=O) groups is 1. The number of benzene rings is 1. The summed E-state index contributed by atoms with van der Waals surface area (Å²) in [7, 11) is 0. The second-order valence-electron chi connectivity index (χ2n) is 6.39. The van der Waals surface area contributed by atoms with Gasteiger partial charge < -0.3 is 9.67 Å². The molecule has 0 spiro atoms. The van der Waals surface area contributed by atoms with E-state index in [1.165, 1.54) is 6.42 Å². The van der Waals surface area contributed by atoms with E-state index in [-0.39, 0.29) is 0 Å².